The zero-order valence-corrected chi connectivity index (χ0v) is 16.3. The van der Waals surface area contributed by atoms with E-state index in [-0.39, 0.29) is 23.7 Å². The Balaban J connectivity index is 1.79. The molecule has 0 radical (unpaired) electrons. The van der Waals surface area contributed by atoms with Gasteiger partial charge in [-0.2, -0.15) is 13.2 Å². The minimum absolute atomic E-state index is 0.0114. The summed E-state index contributed by atoms with van der Waals surface area (Å²) in [6, 6.07) is 17.3. The Morgan fingerprint density at radius 3 is 2.30 bits per heavy atom. The number of hydrogen-bond acceptors (Lipinski definition) is 3. The SMILES string of the molecule is C=CC1c2ccccc2N2c3ncccc3N(c3ccccc3C(F)(F)F)C2C1C. The van der Waals surface area contributed by atoms with E-state index in [4.69, 9.17) is 0 Å². The van der Waals surface area contributed by atoms with Crippen LogP contribution >= 0.6 is 0 Å². The molecule has 152 valence electrons. The highest BCUT2D eigenvalue weighted by molar-refractivity contribution is 5.88. The Labute approximate surface area is 173 Å². The Morgan fingerprint density at radius 1 is 0.900 bits per heavy atom. The van der Waals surface area contributed by atoms with E-state index < -0.39 is 11.7 Å². The van der Waals surface area contributed by atoms with Crippen LogP contribution < -0.4 is 9.80 Å². The van der Waals surface area contributed by atoms with E-state index in [0.717, 1.165) is 17.3 Å². The summed E-state index contributed by atoms with van der Waals surface area (Å²) in [5.41, 5.74) is 2.23. The van der Waals surface area contributed by atoms with E-state index in [9.17, 15) is 13.2 Å². The molecule has 0 amide bonds. The second kappa shape index (κ2) is 6.62. The molecule has 6 heteroatoms. The molecule has 0 bridgehead atoms. The van der Waals surface area contributed by atoms with Crippen LogP contribution in [-0.2, 0) is 6.18 Å². The first-order chi connectivity index (χ1) is 14.4. The Kier molecular flexibility index (Phi) is 4.13. The number of benzene rings is 2. The maximum atomic E-state index is 13.9. The van der Waals surface area contributed by atoms with Gasteiger partial charge in [-0.25, -0.2) is 4.98 Å². The summed E-state index contributed by atoms with van der Waals surface area (Å²) in [7, 11) is 0. The number of nitrogens with zero attached hydrogens (tertiary/aromatic N) is 3. The Hall–Kier alpha value is -3.28. The van der Waals surface area contributed by atoms with Gasteiger partial charge in [0.25, 0.3) is 0 Å². The molecule has 0 saturated carbocycles. The molecular weight excluding hydrogens is 387 g/mol. The van der Waals surface area contributed by atoms with Crippen molar-refractivity contribution in [2.75, 3.05) is 9.80 Å². The van der Waals surface area contributed by atoms with Crippen molar-refractivity contribution in [1.29, 1.82) is 0 Å². The van der Waals surface area contributed by atoms with Crippen molar-refractivity contribution in [3.05, 3.63) is 90.6 Å². The first-order valence-corrected chi connectivity index (χ1v) is 9.84. The highest BCUT2D eigenvalue weighted by atomic mass is 19.4. The molecule has 3 unspecified atom stereocenters. The van der Waals surface area contributed by atoms with Crippen LogP contribution in [0.25, 0.3) is 0 Å². The van der Waals surface area contributed by atoms with Crippen molar-refractivity contribution in [2.45, 2.75) is 25.2 Å². The molecular formula is C24H20F3N3. The number of allylic oxidation sites excluding steroid dienone is 1. The van der Waals surface area contributed by atoms with Gasteiger partial charge in [-0.05, 0) is 35.9 Å². The van der Waals surface area contributed by atoms with Crippen LogP contribution in [0.5, 0.6) is 0 Å². The van der Waals surface area contributed by atoms with Crippen LogP contribution in [0.15, 0.2) is 79.5 Å². The number of para-hydroxylation sites is 2. The molecule has 2 aliphatic rings. The summed E-state index contributed by atoms with van der Waals surface area (Å²) in [5.74, 6) is 0.659. The zero-order chi connectivity index (χ0) is 21.0. The number of anilines is 4. The monoisotopic (exact) mass is 407 g/mol. The standard InChI is InChI=1S/C24H20F3N3/c1-3-16-15(2)23-29(20-12-7-5-10-18(20)24(25,26)27)21-13-8-14-28-22(21)30(23)19-11-6-4-9-17(16)19/h3-16,23H,1H2,2H3. The number of fused-ring (bicyclic) bond motifs is 5. The van der Waals surface area contributed by atoms with Crippen LogP contribution in [0.3, 0.4) is 0 Å². The molecule has 2 aromatic carbocycles. The van der Waals surface area contributed by atoms with Gasteiger partial charge in [-0.15, -0.1) is 6.58 Å². The molecule has 3 nitrogen and oxygen atoms in total. The highest BCUT2D eigenvalue weighted by Gasteiger charge is 2.49. The third-order valence-electron chi connectivity index (χ3n) is 6.10. The Bertz CT molecular complexity index is 1120. The van der Waals surface area contributed by atoms with Crippen LogP contribution in [0, 0.1) is 5.92 Å². The second-order valence-electron chi connectivity index (χ2n) is 7.69. The molecule has 2 aliphatic heterocycles. The lowest BCUT2D eigenvalue weighted by Gasteiger charge is -2.45. The zero-order valence-electron chi connectivity index (χ0n) is 16.3. The van der Waals surface area contributed by atoms with Gasteiger partial charge in [-0.3, -0.25) is 0 Å². The average Bonchev–Trinajstić information content (AvgIpc) is 3.09. The molecule has 1 aromatic heterocycles. The topological polar surface area (TPSA) is 19.4 Å². The van der Waals surface area contributed by atoms with E-state index in [2.05, 4.69) is 29.5 Å². The lowest BCUT2D eigenvalue weighted by Crippen LogP contribution is -2.48. The third-order valence-corrected chi connectivity index (χ3v) is 6.10. The molecule has 3 atom stereocenters. The van der Waals surface area contributed by atoms with E-state index in [0.29, 0.717) is 11.5 Å². The van der Waals surface area contributed by atoms with Gasteiger partial charge in [0.1, 0.15) is 6.17 Å². The molecule has 3 aromatic rings. The number of hydrogen-bond donors (Lipinski definition) is 0. The molecule has 5 rings (SSSR count). The van der Waals surface area contributed by atoms with Crippen molar-refractivity contribution >= 4 is 22.9 Å². The van der Waals surface area contributed by atoms with Gasteiger partial charge in [0.2, 0.25) is 0 Å². The maximum Gasteiger partial charge on any atom is 0.418 e. The first-order valence-electron chi connectivity index (χ1n) is 9.84. The predicted octanol–water partition coefficient (Wildman–Crippen LogP) is 6.64. The van der Waals surface area contributed by atoms with Crippen LogP contribution in [0.4, 0.5) is 36.1 Å². The number of aromatic nitrogens is 1. The quantitative estimate of drug-likeness (QED) is 0.444. The lowest BCUT2D eigenvalue weighted by molar-refractivity contribution is -0.137. The van der Waals surface area contributed by atoms with Crippen molar-refractivity contribution in [3.8, 4) is 0 Å². The van der Waals surface area contributed by atoms with Gasteiger partial charge in [0, 0.05) is 23.7 Å². The van der Waals surface area contributed by atoms with Crippen LogP contribution in [-0.4, -0.2) is 11.1 Å². The number of alkyl halides is 3. The molecule has 0 fully saturated rings. The van der Waals surface area contributed by atoms with E-state index in [1.807, 2.05) is 30.3 Å². The Morgan fingerprint density at radius 2 is 1.57 bits per heavy atom. The number of halogens is 3. The number of rotatable bonds is 2. The van der Waals surface area contributed by atoms with Gasteiger partial charge in [0.15, 0.2) is 5.82 Å². The fourth-order valence-corrected chi connectivity index (χ4v) is 4.87. The first kappa shape index (κ1) is 18.7. The van der Waals surface area contributed by atoms with Gasteiger partial charge in [0.05, 0.1) is 16.9 Å². The lowest BCUT2D eigenvalue weighted by atomic mass is 9.80. The summed E-state index contributed by atoms with van der Waals surface area (Å²) < 4.78 is 41.7. The van der Waals surface area contributed by atoms with E-state index in [1.165, 1.54) is 6.07 Å². The molecule has 3 heterocycles. The molecule has 0 spiro atoms. The number of pyridine rings is 1. The van der Waals surface area contributed by atoms with E-state index in [1.54, 1.807) is 29.3 Å². The average molecular weight is 407 g/mol. The van der Waals surface area contributed by atoms with Gasteiger partial charge >= 0.3 is 6.18 Å². The van der Waals surface area contributed by atoms with Crippen molar-refractivity contribution in [2.24, 2.45) is 5.92 Å². The summed E-state index contributed by atoms with van der Waals surface area (Å²) in [6.07, 6.45) is -1.23. The van der Waals surface area contributed by atoms with Crippen LogP contribution in [0.1, 0.15) is 24.0 Å². The fraction of sp³-hybridized carbons (Fsp3) is 0.208. The minimum atomic E-state index is -4.46. The predicted molar refractivity (Wildman–Crippen MR) is 112 cm³/mol. The smallest absolute Gasteiger partial charge is 0.316 e. The normalized spacial score (nSPS) is 22.3. The highest BCUT2D eigenvalue weighted by Crippen LogP contribution is 2.56. The van der Waals surface area contributed by atoms with Crippen molar-refractivity contribution < 1.29 is 13.2 Å². The fourth-order valence-electron chi connectivity index (χ4n) is 4.87. The van der Waals surface area contributed by atoms with Gasteiger partial charge < -0.3 is 9.80 Å². The summed E-state index contributed by atoms with van der Waals surface area (Å²) in [4.78, 5) is 8.44. The molecule has 0 N–H and O–H groups in total. The summed E-state index contributed by atoms with van der Waals surface area (Å²) in [5, 5.41) is 0. The maximum absolute atomic E-state index is 13.9. The third kappa shape index (κ3) is 2.56. The van der Waals surface area contributed by atoms with Crippen molar-refractivity contribution in [1.82, 2.24) is 4.98 Å². The summed E-state index contributed by atoms with van der Waals surface area (Å²) >= 11 is 0. The molecule has 0 saturated heterocycles. The molecule has 30 heavy (non-hydrogen) atoms. The van der Waals surface area contributed by atoms with Gasteiger partial charge in [-0.1, -0.05) is 43.3 Å². The van der Waals surface area contributed by atoms with Crippen LogP contribution in [0.2, 0.25) is 0 Å². The van der Waals surface area contributed by atoms with Crippen molar-refractivity contribution in [3.63, 3.8) is 0 Å². The largest absolute Gasteiger partial charge is 0.418 e. The minimum Gasteiger partial charge on any atom is -0.316 e. The summed E-state index contributed by atoms with van der Waals surface area (Å²) in [6.45, 7) is 6.08. The van der Waals surface area contributed by atoms with E-state index >= 15 is 0 Å². The molecule has 0 aliphatic carbocycles. The second-order valence-corrected chi connectivity index (χ2v) is 7.69.